The van der Waals surface area contributed by atoms with Crippen LogP contribution >= 0.6 is 15.9 Å². The van der Waals surface area contributed by atoms with Gasteiger partial charge in [-0.1, -0.05) is 30.3 Å². The molecule has 0 radical (unpaired) electrons. The van der Waals surface area contributed by atoms with Crippen molar-refractivity contribution in [2.24, 2.45) is 0 Å². The van der Waals surface area contributed by atoms with E-state index < -0.39 is 11.6 Å². The van der Waals surface area contributed by atoms with Crippen LogP contribution in [-0.4, -0.2) is 11.7 Å². The number of halogens is 3. The van der Waals surface area contributed by atoms with E-state index in [4.69, 9.17) is 0 Å². The fourth-order valence-electron chi connectivity index (χ4n) is 1.93. The van der Waals surface area contributed by atoms with Crippen LogP contribution in [0.2, 0.25) is 0 Å². The van der Waals surface area contributed by atoms with Crippen molar-refractivity contribution in [3.63, 3.8) is 0 Å². The Labute approximate surface area is 124 Å². The molecule has 0 bridgehead atoms. The molecule has 2 nitrogen and oxygen atoms in total. The maximum Gasteiger partial charge on any atom is 0.144 e. The van der Waals surface area contributed by atoms with E-state index in [9.17, 15) is 13.9 Å². The Kier molecular flexibility index (Phi) is 5.23. The zero-order chi connectivity index (χ0) is 14.5. The average molecular weight is 342 g/mol. The third-order valence-electron chi connectivity index (χ3n) is 3.05. The highest BCUT2D eigenvalue weighted by Gasteiger charge is 2.15. The van der Waals surface area contributed by atoms with Crippen molar-refractivity contribution in [3.05, 3.63) is 69.7 Å². The van der Waals surface area contributed by atoms with E-state index in [-0.39, 0.29) is 29.2 Å². The van der Waals surface area contributed by atoms with Gasteiger partial charge in [0.05, 0.1) is 17.1 Å². The summed E-state index contributed by atoms with van der Waals surface area (Å²) in [5, 5.41) is 12.4. The second-order valence-electron chi connectivity index (χ2n) is 4.35. The number of benzene rings is 2. The summed E-state index contributed by atoms with van der Waals surface area (Å²) < 4.78 is 27.7. The molecule has 2 N–H and O–H groups in total. The summed E-state index contributed by atoms with van der Waals surface area (Å²) in [6.07, 6.45) is 0. The number of hydrogen-bond acceptors (Lipinski definition) is 2. The van der Waals surface area contributed by atoms with Gasteiger partial charge in [-0.3, -0.25) is 0 Å². The van der Waals surface area contributed by atoms with Gasteiger partial charge in [0.1, 0.15) is 11.6 Å². The molecule has 0 spiro atoms. The van der Waals surface area contributed by atoms with Crippen LogP contribution in [0.5, 0.6) is 0 Å². The Morgan fingerprint density at radius 1 is 1.10 bits per heavy atom. The summed E-state index contributed by atoms with van der Waals surface area (Å²) in [5.74, 6) is -1.23. The lowest BCUT2D eigenvalue weighted by Gasteiger charge is -2.17. The Bertz CT molecular complexity index is 578. The lowest BCUT2D eigenvalue weighted by Crippen LogP contribution is -2.25. The second kappa shape index (κ2) is 6.92. The van der Waals surface area contributed by atoms with Gasteiger partial charge in [-0.15, -0.1) is 0 Å². The van der Waals surface area contributed by atoms with Crippen molar-refractivity contribution in [1.29, 1.82) is 0 Å². The minimum Gasteiger partial charge on any atom is -0.394 e. The van der Waals surface area contributed by atoms with Crippen LogP contribution in [0.1, 0.15) is 17.2 Å². The van der Waals surface area contributed by atoms with Gasteiger partial charge in [-0.2, -0.15) is 0 Å². The molecule has 0 saturated heterocycles. The lowest BCUT2D eigenvalue weighted by molar-refractivity contribution is 0.242. The third kappa shape index (κ3) is 3.42. The van der Waals surface area contributed by atoms with Crippen LogP contribution in [0.3, 0.4) is 0 Å². The largest absolute Gasteiger partial charge is 0.394 e. The van der Waals surface area contributed by atoms with E-state index in [1.807, 2.05) is 30.3 Å². The summed E-state index contributed by atoms with van der Waals surface area (Å²) in [6.45, 7) is -0.154. The van der Waals surface area contributed by atoms with E-state index >= 15 is 0 Å². The first kappa shape index (κ1) is 15.1. The van der Waals surface area contributed by atoms with Crippen molar-refractivity contribution in [2.75, 3.05) is 6.61 Å². The smallest absolute Gasteiger partial charge is 0.144 e. The quantitative estimate of drug-likeness (QED) is 0.815. The minimum atomic E-state index is -0.623. The molecule has 0 saturated carbocycles. The van der Waals surface area contributed by atoms with E-state index in [1.54, 1.807) is 0 Å². The van der Waals surface area contributed by atoms with Crippen molar-refractivity contribution >= 4 is 15.9 Å². The Morgan fingerprint density at radius 2 is 1.80 bits per heavy atom. The maximum atomic E-state index is 13.8. The van der Waals surface area contributed by atoms with Crippen LogP contribution in [0, 0.1) is 11.6 Å². The van der Waals surface area contributed by atoms with Crippen molar-refractivity contribution in [3.8, 4) is 0 Å². The first-order valence-corrected chi connectivity index (χ1v) is 6.94. The molecule has 106 valence electrons. The topological polar surface area (TPSA) is 32.3 Å². The van der Waals surface area contributed by atoms with E-state index in [2.05, 4.69) is 21.2 Å². The number of nitrogens with one attached hydrogen (secondary N) is 1. The van der Waals surface area contributed by atoms with Crippen molar-refractivity contribution in [1.82, 2.24) is 5.32 Å². The highest BCUT2D eigenvalue weighted by Crippen LogP contribution is 2.22. The van der Waals surface area contributed by atoms with Gasteiger partial charge in [-0.05, 0) is 33.6 Å². The molecule has 5 heteroatoms. The van der Waals surface area contributed by atoms with E-state index in [1.165, 1.54) is 12.1 Å². The molecule has 0 aliphatic rings. The lowest BCUT2D eigenvalue weighted by atomic mass is 10.1. The van der Waals surface area contributed by atoms with Crippen LogP contribution in [0.25, 0.3) is 0 Å². The molecule has 2 rings (SSSR count). The standard InChI is InChI=1S/C15H14BrF2NO/c16-12-6-7-13(17)11(15(12)18)8-19-14(9-20)10-4-2-1-3-5-10/h1-7,14,19-20H,8-9H2. The zero-order valence-electron chi connectivity index (χ0n) is 10.6. The molecule has 0 amide bonds. The first-order valence-electron chi connectivity index (χ1n) is 6.15. The highest BCUT2D eigenvalue weighted by molar-refractivity contribution is 9.10. The molecule has 2 aromatic carbocycles. The normalized spacial score (nSPS) is 12.4. The summed E-state index contributed by atoms with van der Waals surface area (Å²) in [4.78, 5) is 0. The van der Waals surface area contributed by atoms with Crippen molar-refractivity contribution < 1.29 is 13.9 Å². The monoisotopic (exact) mass is 341 g/mol. The van der Waals surface area contributed by atoms with E-state index in [0.29, 0.717) is 0 Å². The SMILES string of the molecule is OCC(NCc1c(F)ccc(Br)c1F)c1ccccc1. The molecule has 0 aliphatic carbocycles. The molecular weight excluding hydrogens is 328 g/mol. The molecule has 0 aliphatic heterocycles. The van der Waals surface area contributed by atoms with Gasteiger partial charge in [0.25, 0.3) is 0 Å². The first-order chi connectivity index (χ1) is 9.63. The molecule has 0 aromatic heterocycles. The fraction of sp³-hybridized carbons (Fsp3) is 0.200. The number of aliphatic hydroxyl groups is 1. The third-order valence-corrected chi connectivity index (χ3v) is 3.66. The molecule has 1 unspecified atom stereocenters. The predicted molar refractivity (Wildman–Crippen MR) is 77.2 cm³/mol. The fourth-order valence-corrected chi connectivity index (χ4v) is 2.30. The molecule has 20 heavy (non-hydrogen) atoms. The van der Waals surface area contributed by atoms with Gasteiger partial charge in [0.2, 0.25) is 0 Å². The van der Waals surface area contributed by atoms with E-state index in [0.717, 1.165) is 5.56 Å². The molecule has 2 aromatic rings. The van der Waals surface area contributed by atoms with Crippen LogP contribution in [0.4, 0.5) is 8.78 Å². The second-order valence-corrected chi connectivity index (χ2v) is 5.20. The Hall–Kier alpha value is -1.30. The van der Waals surface area contributed by atoms with Gasteiger partial charge >= 0.3 is 0 Å². The van der Waals surface area contributed by atoms with Gasteiger partial charge in [-0.25, -0.2) is 8.78 Å². The number of aliphatic hydroxyl groups excluding tert-OH is 1. The zero-order valence-corrected chi connectivity index (χ0v) is 12.2. The summed E-state index contributed by atoms with van der Waals surface area (Å²) in [6, 6.07) is 11.4. The average Bonchev–Trinajstić information content (AvgIpc) is 2.48. The predicted octanol–water partition coefficient (Wildman–Crippen LogP) is 3.55. The summed E-state index contributed by atoms with van der Waals surface area (Å²) in [5.41, 5.74) is 0.819. The van der Waals surface area contributed by atoms with Crippen LogP contribution in [0.15, 0.2) is 46.9 Å². The van der Waals surface area contributed by atoms with Crippen molar-refractivity contribution in [2.45, 2.75) is 12.6 Å². The Morgan fingerprint density at radius 3 is 2.45 bits per heavy atom. The van der Waals surface area contributed by atoms with Crippen LogP contribution in [-0.2, 0) is 6.54 Å². The van der Waals surface area contributed by atoms with Crippen LogP contribution < -0.4 is 5.32 Å². The number of rotatable bonds is 5. The minimum absolute atomic E-state index is 0.00275. The maximum absolute atomic E-state index is 13.8. The molecule has 1 atom stereocenters. The molecular formula is C15H14BrF2NO. The van der Waals surface area contributed by atoms with Gasteiger partial charge in [0, 0.05) is 12.1 Å². The Balaban J connectivity index is 2.14. The highest BCUT2D eigenvalue weighted by atomic mass is 79.9. The van der Waals surface area contributed by atoms with Gasteiger partial charge in [0.15, 0.2) is 0 Å². The van der Waals surface area contributed by atoms with Gasteiger partial charge < -0.3 is 10.4 Å². The molecule has 0 heterocycles. The summed E-state index contributed by atoms with van der Waals surface area (Å²) >= 11 is 3.03. The number of hydrogen-bond donors (Lipinski definition) is 2. The summed E-state index contributed by atoms with van der Waals surface area (Å²) in [7, 11) is 0. The molecule has 0 fully saturated rings.